The number of rotatable bonds is 6. The van der Waals surface area contributed by atoms with Crippen molar-refractivity contribution < 1.29 is 4.21 Å². The van der Waals surface area contributed by atoms with Gasteiger partial charge in [-0.25, -0.2) is 0 Å². The minimum Gasteiger partial charge on any atom is -0.312 e. The Morgan fingerprint density at radius 3 is 2.62 bits per heavy atom. The summed E-state index contributed by atoms with van der Waals surface area (Å²) in [5, 5.41) is 3.63. The maximum Gasteiger partial charge on any atom is 0.0363 e. The van der Waals surface area contributed by atoms with Crippen LogP contribution in [0.25, 0.3) is 0 Å². The molecule has 0 spiro atoms. The smallest absolute Gasteiger partial charge is 0.0363 e. The van der Waals surface area contributed by atoms with Crippen LogP contribution in [0.5, 0.6) is 0 Å². The number of nitrogens with one attached hydrogen (secondary N) is 1. The Kier molecular flexibility index (Phi) is 4.79. The van der Waals surface area contributed by atoms with E-state index in [1.807, 2.05) is 0 Å². The number of hydrogen-bond donors (Lipinski definition) is 1. The van der Waals surface area contributed by atoms with Gasteiger partial charge in [-0.3, -0.25) is 9.11 Å². The summed E-state index contributed by atoms with van der Waals surface area (Å²) in [5.41, 5.74) is 0. The van der Waals surface area contributed by atoms with E-state index in [1.54, 1.807) is 0 Å². The quantitative estimate of drug-likeness (QED) is 0.756. The fourth-order valence-corrected chi connectivity index (χ4v) is 3.43. The first-order chi connectivity index (χ1) is 7.79. The molecule has 1 saturated heterocycles. The topological polar surface area (TPSA) is 32.3 Å². The molecule has 2 aliphatic rings. The van der Waals surface area contributed by atoms with E-state index in [0.29, 0.717) is 6.04 Å². The maximum absolute atomic E-state index is 11.3. The molecule has 2 fully saturated rings. The van der Waals surface area contributed by atoms with Crippen LogP contribution < -0.4 is 5.32 Å². The molecule has 1 atom stereocenters. The van der Waals surface area contributed by atoms with Crippen molar-refractivity contribution in [3.8, 4) is 0 Å². The Hall–Kier alpha value is 0.0700. The van der Waals surface area contributed by atoms with Gasteiger partial charge < -0.3 is 5.32 Å². The molecule has 1 aliphatic heterocycles. The van der Waals surface area contributed by atoms with Crippen molar-refractivity contribution in [3.63, 3.8) is 0 Å². The second-order valence-corrected chi connectivity index (χ2v) is 6.71. The van der Waals surface area contributed by atoms with Gasteiger partial charge in [0.1, 0.15) is 0 Å². The van der Waals surface area contributed by atoms with Gasteiger partial charge in [-0.05, 0) is 19.3 Å². The first-order valence-corrected chi connectivity index (χ1v) is 8.11. The molecular weight excluding hydrogens is 220 g/mol. The van der Waals surface area contributed by atoms with Crippen molar-refractivity contribution in [3.05, 3.63) is 0 Å². The fourth-order valence-electron chi connectivity index (χ4n) is 2.35. The molecule has 1 heterocycles. The van der Waals surface area contributed by atoms with Gasteiger partial charge in [0.15, 0.2) is 0 Å². The van der Waals surface area contributed by atoms with Crippen LogP contribution in [0.4, 0.5) is 0 Å². The molecule has 1 unspecified atom stereocenters. The van der Waals surface area contributed by atoms with Gasteiger partial charge in [0.25, 0.3) is 0 Å². The average Bonchev–Trinajstić information content (AvgIpc) is 3.09. The molecule has 1 aliphatic carbocycles. The Morgan fingerprint density at radius 2 is 2.06 bits per heavy atom. The molecule has 2 rings (SSSR count). The standard InChI is InChI=1S/C12H24N2OS/c1-2-3-12(10-13-11-4-5-11)14-6-8-16(15)9-7-14/h11-13H,2-10H2,1H3. The van der Waals surface area contributed by atoms with Crippen LogP contribution >= 0.6 is 0 Å². The van der Waals surface area contributed by atoms with E-state index >= 15 is 0 Å². The summed E-state index contributed by atoms with van der Waals surface area (Å²) in [6.07, 6.45) is 5.24. The summed E-state index contributed by atoms with van der Waals surface area (Å²) in [6, 6.07) is 1.47. The van der Waals surface area contributed by atoms with Crippen molar-refractivity contribution in [2.75, 3.05) is 31.1 Å². The van der Waals surface area contributed by atoms with Crippen molar-refractivity contribution in [2.24, 2.45) is 0 Å². The Bertz CT molecular complexity index is 233. The fraction of sp³-hybridized carbons (Fsp3) is 1.00. The Balaban J connectivity index is 1.77. The summed E-state index contributed by atoms with van der Waals surface area (Å²) in [7, 11) is -0.544. The predicted molar refractivity (Wildman–Crippen MR) is 69.2 cm³/mol. The number of hydrogen-bond acceptors (Lipinski definition) is 3. The average molecular weight is 244 g/mol. The summed E-state index contributed by atoms with van der Waals surface area (Å²) < 4.78 is 11.3. The third kappa shape index (κ3) is 3.82. The van der Waals surface area contributed by atoms with Crippen LogP contribution in [-0.4, -0.2) is 52.3 Å². The lowest BCUT2D eigenvalue weighted by Crippen LogP contribution is -2.48. The van der Waals surface area contributed by atoms with E-state index in [9.17, 15) is 4.21 Å². The molecule has 1 N–H and O–H groups in total. The van der Waals surface area contributed by atoms with Crippen LogP contribution in [0.3, 0.4) is 0 Å². The van der Waals surface area contributed by atoms with Gasteiger partial charge >= 0.3 is 0 Å². The van der Waals surface area contributed by atoms with Gasteiger partial charge in [-0.15, -0.1) is 0 Å². The minimum atomic E-state index is -0.544. The van der Waals surface area contributed by atoms with E-state index < -0.39 is 10.8 Å². The minimum absolute atomic E-state index is 0.544. The van der Waals surface area contributed by atoms with Gasteiger partial charge in [0.2, 0.25) is 0 Å². The molecule has 0 aromatic carbocycles. The largest absolute Gasteiger partial charge is 0.312 e. The zero-order valence-electron chi connectivity index (χ0n) is 10.3. The highest BCUT2D eigenvalue weighted by molar-refractivity contribution is 7.85. The monoisotopic (exact) mass is 244 g/mol. The lowest BCUT2D eigenvalue weighted by atomic mass is 10.1. The highest BCUT2D eigenvalue weighted by Crippen LogP contribution is 2.19. The molecule has 3 nitrogen and oxygen atoms in total. The normalized spacial score (nSPS) is 25.8. The van der Waals surface area contributed by atoms with Crippen LogP contribution in [0.2, 0.25) is 0 Å². The van der Waals surface area contributed by atoms with Gasteiger partial charge in [0.05, 0.1) is 0 Å². The van der Waals surface area contributed by atoms with E-state index in [2.05, 4.69) is 17.1 Å². The molecule has 16 heavy (non-hydrogen) atoms. The molecule has 0 aromatic heterocycles. The van der Waals surface area contributed by atoms with E-state index in [0.717, 1.165) is 37.2 Å². The van der Waals surface area contributed by atoms with Crippen LogP contribution in [0, 0.1) is 0 Å². The first kappa shape index (κ1) is 12.5. The SMILES string of the molecule is CCCC(CNC1CC1)N1CCS(=O)CC1. The predicted octanol–water partition coefficient (Wildman–Crippen LogP) is 0.971. The Labute approximate surface area is 101 Å². The summed E-state index contributed by atoms with van der Waals surface area (Å²) in [6.45, 7) is 5.45. The molecule has 0 radical (unpaired) electrons. The Morgan fingerprint density at radius 1 is 1.38 bits per heavy atom. The summed E-state index contributed by atoms with van der Waals surface area (Å²) >= 11 is 0. The van der Waals surface area contributed by atoms with Crippen LogP contribution in [0.15, 0.2) is 0 Å². The lowest BCUT2D eigenvalue weighted by Gasteiger charge is -2.34. The van der Waals surface area contributed by atoms with E-state index in [1.165, 1.54) is 25.7 Å². The van der Waals surface area contributed by atoms with Gasteiger partial charge in [0, 0.05) is 54.0 Å². The second-order valence-electron chi connectivity index (χ2n) is 5.01. The van der Waals surface area contributed by atoms with E-state index in [-0.39, 0.29) is 0 Å². The van der Waals surface area contributed by atoms with Gasteiger partial charge in [-0.2, -0.15) is 0 Å². The molecule has 0 bridgehead atoms. The molecule has 0 amide bonds. The number of nitrogens with zero attached hydrogens (tertiary/aromatic N) is 1. The zero-order valence-corrected chi connectivity index (χ0v) is 11.1. The van der Waals surface area contributed by atoms with Crippen molar-refractivity contribution in [1.29, 1.82) is 0 Å². The summed E-state index contributed by atoms with van der Waals surface area (Å²) in [4.78, 5) is 2.54. The van der Waals surface area contributed by atoms with Crippen molar-refractivity contribution in [2.45, 2.75) is 44.7 Å². The van der Waals surface area contributed by atoms with Gasteiger partial charge in [-0.1, -0.05) is 13.3 Å². The maximum atomic E-state index is 11.3. The molecule has 1 saturated carbocycles. The van der Waals surface area contributed by atoms with E-state index in [4.69, 9.17) is 0 Å². The molecular formula is C12H24N2OS. The summed E-state index contributed by atoms with van der Waals surface area (Å²) in [5.74, 6) is 1.76. The van der Waals surface area contributed by atoms with Crippen molar-refractivity contribution in [1.82, 2.24) is 10.2 Å². The molecule has 0 aromatic rings. The third-order valence-electron chi connectivity index (χ3n) is 3.57. The highest BCUT2D eigenvalue weighted by Gasteiger charge is 2.26. The zero-order chi connectivity index (χ0) is 11.4. The van der Waals surface area contributed by atoms with Crippen molar-refractivity contribution >= 4 is 10.8 Å². The van der Waals surface area contributed by atoms with Crippen LogP contribution in [-0.2, 0) is 10.8 Å². The first-order valence-electron chi connectivity index (χ1n) is 6.62. The van der Waals surface area contributed by atoms with Crippen LogP contribution in [0.1, 0.15) is 32.6 Å². The second kappa shape index (κ2) is 6.12. The molecule has 4 heteroatoms. The highest BCUT2D eigenvalue weighted by atomic mass is 32.2. The lowest BCUT2D eigenvalue weighted by molar-refractivity contribution is 0.197. The third-order valence-corrected chi connectivity index (χ3v) is 4.85. The molecule has 94 valence electrons.